The minimum Gasteiger partial charge on any atom is -0.342 e. The lowest BCUT2D eigenvalue weighted by atomic mass is 10.0. The summed E-state index contributed by atoms with van der Waals surface area (Å²) in [4.78, 5) is 14.0. The van der Waals surface area contributed by atoms with Gasteiger partial charge in [-0.3, -0.25) is 10.1 Å². The van der Waals surface area contributed by atoms with E-state index >= 15 is 0 Å². The molecule has 1 amide bonds. The fraction of sp³-hybridized carbons (Fsp3) is 0.562. The topological polar surface area (TPSA) is 32.3 Å². The number of hydrogen-bond acceptors (Lipinski definition) is 2. The Hall–Kier alpha value is -1.42. The summed E-state index contributed by atoms with van der Waals surface area (Å²) >= 11 is 0. The number of hydrogen-bond donors (Lipinski definition) is 1. The standard InChI is InChI=1S/C16H25FN2O/c1-5-15(13-9-8-10-14(17)11-13)18-12(4)16(20)19(6-2)7-3/h8-12,15,18H,5-7H2,1-4H3. The molecule has 0 fully saturated rings. The lowest BCUT2D eigenvalue weighted by molar-refractivity contribution is -0.132. The predicted octanol–water partition coefficient (Wildman–Crippen LogP) is 3.12. The Bertz CT molecular complexity index is 432. The van der Waals surface area contributed by atoms with Gasteiger partial charge in [-0.2, -0.15) is 0 Å². The van der Waals surface area contributed by atoms with E-state index in [9.17, 15) is 9.18 Å². The maximum absolute atomic E-state index is 13.3. The molecule has 1 aromatic rings. The Morgan fingerprint density at radius 3 is 2.45 bits per heavy atom. The van der Waals surface area contributed by atoms with E-state index in [1.54, 1.807) is 11.0 Å². The fourth-order valence-electron chi connectivity index (χ4n) is 2.36. The molecule has 0 aliphatic heterocycles. The second kappa shape index (κ2) is 8.00. The second-order valence-corrected chi connectivity index (χ2v) is 4.91. The van der Waals surface area contributed by atoms with Gasteiger partial charge in [0.15, 0.2) is 0 Å². The second-order valence-electron chi connectivity index (χ2n) is 4.91. The van der Waals surface area contributed by atoms with Gasteiger partial charge in [0.2, 0.25) is 5.91 Å². The predicted molar refractivity (Wildman–Crippen MR) is 80.0 cm³/mol. The van der Waals surface area contributed by atoms with E-state index in [1.807, 2.05) is 33.8 Å². The van der Waals surface area contributed by atoms with Gasteiger partial charge in [0, 0.05) is 19.1 Å². The molecule has 2 atom stereocenters. The molecule has 0 spiro atoms. The minimum atomic E-state index is -0.275. The molecular formula is C16H25FN2O. The summed E-state index contributed by atoms with van der Waals surface area (Å²) in [5.74, 6) is -0.157. The zero-order chi connectivity index (χ0) is 15.1. The molecule has 0 aliphatic rings. The van der Waals surface area contributed by atoms with Gasteiger partial charge in [0.25, 0.3) is 0 Å². The number of halogens is 1. The number of nitrogens with one attached hydrogen (secondary N) is 1. The van der Waals surface area contributed by atoms with Crippen molar-refractivity contribution in [2.45, 2.75) is 46.2 Å². The first kappa shape index (κ1) is 16.6. The Kier molecular flexibility index (Phi) is 6.65. The Labute approximate surface area is 121 Å². The molecule has 0 aromatic heterocycles. The summed E-state index contributed by atoms with van der Waals surface area (Å²) in [6, 6.07) is 6.25. The van der Waals surface area contributed by atoms with Crippen molar-refractivity contribution in [3.8, 4) is 0 Å². The SMILES string of the molecule is CCC(NC(C)C(=O)N(CC)CC)c1cccc(F)c1. The van der Waals surface area contributed by atoms with E-state index in [4.69, 9.17) is 0 Å². The van der Waals surface area contributed by atoms with E-state index in [1.165, 1.54) is 12.1 Å². The number of benzene rings is 1. The molecule has 1 N–H and O–H groups in total. The summed E-state index contributed by atoms with van der Waals surface area (Å²) in [6.07, 6.45) is 0.805. The van der Waals surface area contributed by atoms with Gasteiger partial charge >= 0.3 is 0 Å². The van der Waals surface area contributed by atoms with Gasteiger partial charge < -0.3 is 4.90 Å². The summed E-state index contributed by atoms with van der Waals surface area (Å²) in [7, 11) is 0. The van der Waals surface area contributed by atoms with E-state index < -0.39 is 0 Å². The number of carbonyl (C=O) groups excluding carboxylic acids is 1. The Morgan fingerprint density at radius 2 is 1.95 bits per heavy atom. The van der Waals surface area contributed by atoms with Gasteiger partial charge in [0.1, 0.15) is 5.82 Å². The highest BCUT2D eigenvalue weighted by atomic mass is 19.1. The van der Waals surface area contributed by atoms with Crippen LogP contribution in [-0.4, -0.2) is 29.9 Å². The monoisotopic (exact) mass is 280 g/mol. The zero-order valence-electron chi connectivity index (χ0n) is 12.8. The van der Waals surface area contributed by atoms with Crippen LogP contribution in [0.25, 0.3) is 0 Å². The number of rotatable bonds is 7. The lowest BCUT2D eigenvalue weighted by Crippen LogP contribution is -2.45. The normalized spacial score (nSPS) is 13.8. The van der Waals surface area contributed by atoms with Crippen molar-refractivity contribution in [2.24, 2.45) is 0 Å². The fourth-order valence-corrected chi connectivity index (χ4v) is 2.36. The molecule has 0 radical (unpaired) electrons. The molecule has 0 bridgehead atoms. The van der Waals surface area contributed by atoms with Crippen molar-refractivity contribution in [1.82, 2.24) is 10.2 Å². The molecule has 112 valence electrons. The van der Waals surface area contributed by atoms with E-state index in [2.05, 4.69) is 5.32 Å². The van der Waals surface area contributed by atoms with Crippen molar-refractivity contribution < 1.29 is 9.18 Å². The molecule has 0 aliphatic carbocycles. The summed E-state index contributed by atoms with van der Waals surface area (Å²) < 4.78 is 13.3. The van der Waals surface area contributed by atoms with Crippen LogP contribution in [0.2, 0.25) is 0 Å². The number of amides is 1. The van der Waals surface area contributed by atoms with Crippen LogP contribution in [0.4, 0.5) is 4.39 Å². The highest BCUT2D eigenvalue weighted by molar-refractivity contribution is 5.81. The quantitative estimate of drug-likeness (QED) is 0.832. The van der Waals surface area contributed by atoms with Crippen LogP contribution in [-0.2, 0) is 4.79 Å². The van der Waals surface area contributed by atoms with Crippen molar-refractivity contribution in [2.75, 3.05) is 13.1 Å². The third kappa shape index (κ3) is 4.30. The third-order valence-corrected chi connectivity index (χ3v) is 3.56. The average molecular weight is 280 g/mol. The first-order chi connectivity index (χ1) is 9.53. The molecule has 4 heteroatoms. The molecule has 0 saturated carbocycles. The van der Waals surface area contributed by atoms with Crippen molar-refractivity contribution in [3.05, 3.63) is 35.6 Å². The average Bonchev–Trinajstić information content (AvgIpc) is 2.45. The maximum atomic E-state index is 13.3. The van der Waals surface area contributed by atoms with Gasteiger partial charge in [-0.25, -0.2) is 4.39 Å². The number of nitrogens with zero attached hydrogens (tertiary/aromatic N) is 1. The molecule has 20 heavy (non-hydrogen) atoms. The summed E-state index contributed by atoms with van der Waals surface area (Å²) in [6.45, 7) is 9.24. The van der Waals surface area contributed by atoms with Crippen LogP contribution in [0.5, 0.6) is 0 Å². The van der Waals surface area contributed by atoms with Gasteiger partial charge in [-0.15, -0.1) is 0 Å². The van der Waals surface area contributed by atoms with Crippen LogP contribution >= 0.6 is 0 Å². The third-order valence-electron chi connectivity index (χ3n) is 3.56. The summed E-state index contributed by atoms with van der Waals surface area (Å²) in [5.41, 5.74) is 0.881. The van der Waals surface area contributed by atoms with Crippen LogP contribution in [0.1, 0.15) is 45.7 Å². The molecule has 1 rings (SSSR count). The van der Waals surface area contributed by atoms with Gasteiger partial charge in [0.05, 0.1) is 6.04 Å². The van der Waals surface area contributed by atoms with Crippen LogP contribution in [0, 0.1) is 5.82 Å². The van der Waals surface area contributed by atoms with Gasteiger partial charge in [-0.1, -0.05) is 19.1 Å². The Morgan fingerprint density at radius 1 is 1.30 bits per heavy atom. The van der Waals surface area contributed by atoms with Crippen LogP contribution < -0.4 is 5.32 Å². The Balaban J connectivity index is 2.75. The molecule has 0 saturated heterocycles. The van der Waals surface area contributed by atoms with Crippen molar-refractivity contribution in [1.29, 1.82) is 0 Å². The maximum Gasteiger partial charge on any atom is 0.239 e. The van der Waals surface area contributed by atoms with Gasteiger partial charge in [-0.05, 0) is 44.9 Å². The number of likely N-dealkylation sites (N-methyl/N-ethyl adjacent to an activating group) is 1. The van der Waals surface area contributed by atoms with E-state index in [0.29, 0.717) is 13.1 Å². The molecule has 2 unspecified atom stereocenters. The van der Waals surface area contributed by atoms with Crippen LogP contribution in [0.15, 0.2) is 24.3 Å². The van der Waals surface area contributed by atoms with Crippen molar-refractivity contribution >= 4 is 5.91 Å². The van der Waals surface area contributed by atoms with E-state index in [-0.39, 0.29) is 23.8 Å². The first-order valence-corrected chi connectivity index (χ1v) is 7.33. The van der Waals surface area contributed by atoms with E-state index in [0.717, 1.165) is 12.0 Å². The van der Waals surface area contributed by atoms with Crippen LogP contribution in [0.3, 0.4) is 0 Å². The highest BCUT2D eigenvalue weighted by Gasteiger charge is 2.21. The molecule has 0 heterocycles. The first-order valence-electron chi connectivity index (χ1n) is 7.33. The number of carbonyl (C=O) groups is 1. The lowest BCUT2D eigenvalue weighted by Gasteiger charge is -2.27. The zero-order valence-corrected chi connectivity index (χ0v) is 12.8. The molecular weight excluding hydrogens is 255 g/mol. The smallest absolute Gasteiger partial charge is 0.239 e. The molecule has 3 nitrogen and oxygen atoms in total. The summed E-state index contributed by atoms with van der Waals surface area (Å²) in [5, 5.41) is 3.30. The largest absolute Gasteiger partial charge is 0.342 e. The minimum absolute atomic E-state index is 0.0137. The molecule has 1 aromatic carbocycles. The van der Waals surface area contributed by atoms with Crippen molar-refractivity contribution in [3.63, 3.8) is 0 Å². The highest BCUT2D eigenvalue weighted by Crippen LogP contribution is 2.18.